The van der Waals surface area contributed by atoms with E-state index < -0.39 is 5.54 Å². The van der Waals surface area contributed by atoms with Gasteiger partial charge in [0.2, 0.25) is 5.91 Å². The second-order valence-corrected chi connectivity index (χ2v) is 8.46. The first-order valence-electron chi connectivity index (χ1n) is 11.0. The van der Waals surface area contributed by atoms with E-state index in [1.807, 2.05) is 36.5 Å². The van der Waals surface area contributed by atoms with Gasteiger partial charge >= 0.3 is 0 Å². The van der Waals surface area contributed by atoms with Gasteiger partial charge in [-0.3, -0.25) is 9.59 Å². The number of nitrogens with zero attached hydrogens (tertiary/aromatic N) is 2. The molecular weight excluding hydrogens is 388 g/mol. The maximum absolute atomic E-state index is 13.6. The van der Waals surface area contributed by atoms with Gasteiger partial charge in [0.05, 0.1) is 6.04 Å². The fourth-order valence-corrected chi connectivity index (χ4v) is 4.86. The Balaban J connectivity index is 1.39. The predicted octanol–water partition coefficient (Wildman–Crippen LogP) is 3.72. The summed E-state index contributed by atoms with van der Waals surface area (Å²) in [5, 5.41) is 6.31. The van der Waals surface area contributed by atoms with Crippen LogP contribution in [0.15, 0.2) is 67.0 Å². The molecule has 0 spiro atoms. The number of rotatable bonds is 4. The Labute approximate surface area is 181 Å². The molecule has 5 rings (SSSR count). The van der Waals surface area contributed by atoms with E-state index in [1.165, 1.54) is 5.56 Å². The van der Waals surface area contributed by atoms with Crippen LogP contribution in [-0.4, -0.2) is 26.9 Å². The van der Waals surface area contributed by atoms with E-state index in [1.54, 1.807) is 18.3 Å². The molecule has 2 heterocycles. The smallest absolute Gasteiger partial charge is 0.252 e. The summed E-state index contributed by atoms with van der Waals surface area (Å²) in [5.41, 5.74) is 2.05. The van der Waals surface area contributed by atoms with Crippen molar-refractivity contribution < 1.29 is 9.59 Å². The molecule has 0 bridgehead atoms. The van der Waals surface area contributed by atoms with Gasteiger partial charge in [-0.15, -0.1) is 0 Å². The summed E-state index contributed by atoms with van der Waals surface area (Å²) in [6.07, 6.45) is 8.49. The number of aromatic nitrogens is 2. The Kier molecular flexibility index (Phi) is 5.06. The lowest BCUT2D eigenvalue weighted by molar-refractivity contribution is -0.128. The number of nitrogens with one attached hydrogen (secondary N) is 2. The van der Waals surface area contributed by atoms with Crippen molar-refractivity contribution in [2.24, 2.45) is 0 Å². The van der Waals surface area contributed by atoms with Crippen LogP contribution in [0.25, 0.3) is 5.69 Å². The Morgan fingerprint density at radius 1 is 1.00 bits per heavy atom. The molecule has 1 aromatic heterocycles. The maximum Gasteiger partial charge on any atom is 0.252 e. The number of benzene rings is 2. The summed E-state index contributed by atoms with van der Waals surface area (Å²) in [6.45, 7) is 0. The number of carbonyl (C=O) groups excluding carboxylic acids is 2. The van der Waals surface area contributed by atoms with Crippen molar-refractivity contribution in [1.82, 2.24) is 20.2 Å². The van der Waals surface area contributed by atoms with Gasteiger partial charge in [-0.2, -0.15) is 0 Å². The van der Waals surface area contributed by atoms with Crippen LogP contribution in [0.4, 0.5) is 0 Å². The van der Waals surface area contributed by atoms with Crippen molar-refractivity contribution in [3.05, 3.63) is 83.9 Å². The van der Waals surface area contributed by atoms with Crippen LogP contribution in [0.1, 0.15) is 59.9 Å². The molecule has 0 saturated heterocycles. The van der Waals surface area contributed by atoms with Crippen molar-refractivity contribution in [2.75, 3.05) is 0 Å². The lowest BCUT2D eigenvalue weighted by Gasteiger charge is -2.31. The van der Waals surface area contributed by atoms with Crippen molar-refractivity contribution in [2.45, 2.75) is 50.1 Å². The molecule has 6 nitrogen and oxygen atoms in total. The minimum Gasteiger partial charge on any atom is -0.344 e. The van der Waals surface area contributed by atoms with Crippen LogP contribution in [0.3, 0.4) is 0 Å². The largest absolute Gasteiger partial charge is 0.344 e. The molecule has 1 unspecified atom stereocenters. The molecule has 1 saturated carbocycles. The summed E-state index contributed by atoms with van der Waals surface area (Å²) >= 11 is 0. The van der Waals surface area contributed by atoms with Crippen molar-refractivity contribution in [3.63, 3.8) is 0 Å². The van der Waals surface area contributed by atoms with Crippen LogP contribution < -0.4 is 10.6 Å². The topological polar surface area (TPSA) is 76.0 Å². The van der Waals surface area contributed by atoms with Gasteiger partial charge in [0.1, 0.15) is 11.4 Å². The highest BCUT2D eigenvalue weighted by Crippen LogP contribution is 2.33. The fourth-order valence-electron chi connectivity index (χ4n) is 4.86. The summed E-state index contributed by atoms with van der Waals surface area (Å²) in [7, 11) is 0. The molecule has 1 atom stereocenters. The highest BCUT2D eigenvalue weighted by molar-refractivity contribution is 5.99. The lowest BCUT2D eigenvalue weighted by atomic mass is 9.94. The number of imidazole rings is 1. The molecular formula is C25H26N4O2. The third-order valence-electron chi connectivity index (χ3n) is 6.52. The van der Waals surface area contributed by atoms with Crippen molar-refractivity contribution in [3.8, 4) is 5.69 Å². The van der Waals surface area contributed by atoms with Crippen LogP contribution in [0.5, 0.6) is 0 Å². The third kappa shape index (κ3) is 3.63. The van der Waals surface area contributed by atoms with Crippen LogP contribution >= 0.6 is 0 Å². The van der Waals surface area contributed by atoms with Gasteiger partial charge in [-0.25, -0.2) is 4.98 Å². The maximum atomic E-state index is 13.6. The molecule has 0 radical (unpaired) electrons. The summed E-state index contributed by atoms with van der Waals surface area (Å²) in [5.74, 6) is 0.521. The van der Waals surface area contributed by atoms with E-state index in [2.05, 4.69) is 32.3 Å². The van der Waals surface area contributed by atoms with Gasteiger partial charge in [0, 0.05) is 23.6 Å². The van der Waals surface area contributed by atoms with Crippen LogP contribution in [-0.2, 0) is 11.2 Å². The number of carbonyl (C=O) groups is 2. The zero-order valence-corrected chi connectivity index (χ0v) is 17.4. The van der Waals surface area contributed by atoms with Gasteiger partial charge in [-0.05, 0) is 49.4 Å². The number of hydrogen-bond acceptors (Lipinski definition) is 3. The van der Waals surface area contributed by atoms with E-state index in [0.717, 1.165) is 37.2 Å². The summed E-state index contributed by atoms with van der Waals surface area (Å²) in [4.78, 5) is 31.0. The Bertz CT molecular complexity index is 1100. The molecule has 1 fully saturated rings. The first-order chi connectivity index (χ1) is 15.2. The predicted molar refractivity (Wildman–Crippen MR) is 118 cm³/mol. The molecule has 1 aliphatic carbocycles. The van der Waals surface area contributed by atoms with E-state index in [9.17, 15) is 9.59 Å². The Morgan fingerprint density at radius 3 is 2.55 bits per heavy atom. The van der Waals surface area contributed by atoms with Gasteiger partial charge in [0.15, 0.2) is 0 Å². The monoisotopic (exact) mass is 414 g/mol. The van der Waals surface area contributed by atoms with Crippen LogP contribution in [0.2, 0.25) is 0 Å². The quantitative estimate of drug-likeness (QED) is 0.683. The first kappa shape index (κ1) is 19.5. The second kappa shape index (κ2) is 8.02. The number of para-hydroxylation sites is 1. The van der Waals surface area contributed by atoms with E-state index in [-0.39, 0.29) is 17.9 Å². The number of amides is 2. The zero-order valence-electron chi connectivity index (χ0n) is 17.4. The van der Waals surface area contributed by atoms with Gasteiger partial charge in [0.25, 0.3) is 5.91 Å². The van der Waals surface area contributed by atoms with Crippen LogP contribution in [0, 0.1) is 0 Å². The number of fused-ring (bicyclic) bond motifs is 3. The van der Waals surface area contributed by atoms with Crippen molar-refractivity contribution in [1.29, 1.82) is 0 Å². The highest BCUT2D eigenvalue weighted by Gasteiger charge is 2.43. The SMILES string of the molecule is O=C(NC1(C(=O)NC2CCc3ccccc3-n3ccnc32)CCCC1)c1ccccc1. The van der Waals surface area contributed by atoms with Gasteiger partial charge in [-0.1, -0.05) is 49.2 Å². The number of aryl methyl sites for hydroxylation is 1. The van der Waals surface area contributed by atoms with E-state index in [0.29, 0.717) is 18.4 Å². The van der Waals surface area contributed by atoms with Gasteiger partial charge < -0.3 is 15.2 Å². The molecule has 1 aliphatic heterocycles. The molecule has 3 aromatic rings. The average Bonchev–Trinajstić information content (AvgIpc) is 3.45. The van der Waals surface area contributed by atoms with E-state index >= 15 is 0 Å². The molecule has 6 heteroatoms. The second-order valence-electron chi connectivity index (χ2n) is 8.46. The first-order valence-corrected chi connectivity index (χ1v) is 11.0. The molecule has 2 amide bonds. The summed E-state index contributed by atoms with van der Waals surface area (Å²) in [6, 6.07) is 17.2. The minimum absolute atomic E-state index is 0.111. The third-order valence-corrected chi connectivity index (χ3v) is 6.52. The minimum atomic E-state index is -0.872. The standard InChI is InChI=1S/C25H26N4O2/c30-23(19-9-2-1-3-10-19)28-25(14-6-7-15-25)24(31)27-20-13-12-18-8-4-5-11-21(18)29-17-16-26-22(20)29/h1-5,8-11,16-17,20H,6-7,12-15H2,(H,27,31)(H,28,30). The number of hydrogen-bond donors (Lipinski definition) is 2. The molecule has 2 N–H and O–H groups in total. The lowest BCUT2D eigenvalue weighted by Crippen LogP contribution is -2.57. The van der Waals surface area contributed by atoms with E-state index in [4.69, 9.17) is 0 Å². The summed E-state index contributed by atoms with van der Waals surface area (Å²) < 4.78 is 2.07. The molecule has 2 aromatic carbocycles. The molecule has 31 heavy (non-hydrogen) atoms. The fraction of sp³-hybridized carbons (Fsp3) is 0.320. The Hall–Kier alpha value is -3.41. The zero-order chi connectivity index (χ0) is 21.3. The average molecular weight is 415 g/mol. The highest BCUT2D eigenvalue weighted by atomic mass is 16.2. The molecule has 2 aliphatic rings. The van der Waals surface area contributed by atoms with Crippen molar-refractivity contribution >= 4 is 11.8 Å². The molecule has 158 valence electrons. The Morgan fingerprint density at radius 2 is 1.74 bits per heavy atom. The normalized spacial score (nSPS) is 19.0.